The van der Waals surface area contributed by atoms with Crippen molar-refractivity contribution in [3.63, 3.8) is 0 Å². The average molecular weight is 452 g/mol. The second-order valence-corrected chi connectivity index (χ2v) is 10.0. The largest absolute Gasteiger partial charge is 0.341 e. The number of hydrogen-bond donors (Lipinski definition) is 0. The summed E-state index contributed by atoms with van der Waals surface area (Å²) in [4.78, 5) is 17.0. The van der Waals surface area contributed by atoms with E-state index in [9.17, 15) is 4.79 Å². The molecule has 2 aromatic rings. The first-order valence-corrected chi connectivity index (χ1v) is 11.7. The molecule has 2 rings (SSSR count). The lowest BCUT2D eigenvalue weighted by Gasteiger charge is -2.26. The van der Waals surface area contributed by atoms with Gasteiger partial charge in [-0.3, -0.25) is 14.3 Å². The summed E-state index contributed by atoms with van der Waals surface area (Å²) < 4.78 is 2.02. The van der Waals surface area contributed by atoms with Crippen molar-refractivity contribution in [2.24, 2.45) is 11.8 Å². The zero-order chi connectivity index (χ0) is 22.4. The summed E-state index contributed by atoms with van der Waals surface area (Å²) in [6.45, 7) is 12.2. The summed E-state index contributed by atoms with van der Waals surface area (Å²) in [6, 6.07) is 7.68. The highest BCUT2D eigenvalue weighted by Gasteiger charge is 2.23. The first-order chi connectivity index (χ1) is 14.1. The molecular weight excluding hydrogens is 418 g/mol. The molecule has 1 amide bonds. The maximum absolute atomic E-state index is 13.0. The number of amides is 1. The Morgan fingerprint density at radius 1 is 1.03 bits per heavy atom. The third kappa shape index (κ3) is 6.72. The highest BCUT2D eigenvalue weighted by Crippen LogP contribution is 2.27. The second kappa shape index (κ2) is 11.2. The molecule has 1 aromatic carbocycles. The van der Waals surface area contributed by atoms with E-state index < -0.39 is 0 Å². The van der Waals surface area contributed by atoms with E-state index in [-0.39, 0.29) is 11.9 Å². The third-order valence-electron chi connectivity index (χ3n) is 4.74. The maximum Gasteiger partial charge on any atom is 0.233 e. The van der Waals surface area contributed by atoms with E-state index >= 15 is 0 Å². The number of benzene rings is 1. The van der Waals surface area contributed by atoms with Gasteiger partial charge < -0.3 is 4.90 Å². The lowest BCUT2D eigenvalue weighted by Crippen LogP contribution is -2.38. The molecule has 0 saturated heterocycles. The van der Waals surface area contributed by atoms with E-state index in [1.807, 2.05) is 47.8 Å². The van der Waals surface area contributed by atoms with Crippen LogP contribution in [0.4, 0.5) is 0 Å². The van der Waals surface area contributed by atoms with E-state index in [1.165, 1.54) is 11.8 Å². The van der Waals surface area contributed by atoms with Gasteiger partial charge in [0.2, 0.25) is 5.91 Å². The van der Waals surface area contributed by atoms with Crippen molar-refractivity contribution in [2.75, 3.05) is 32.9 Å². The normalized spacial score (nSPS) is 12.8. The first-order valence-electron chi connectivity index (χ1n) is 10.4. The van der Waals surface area contributed by atoms with Gasteiger partial charge in [-0.05, 0) is 57.1 Å². The van der Waals surface area contributed by atoms with Crippen LogP contribution in [-0.4, -0.2) is 63.4 Å². The van der Waals surface area contributed by atoms with Crippen LogP contribution in [0.25, 0.3) is 5.69 Å². The van der Waals surface area contributed by atoms with Crippen LogP contribution in [0.1, 0.15) is 46.5 Å². The second-order valence-electron chi connectivity index (χ2n) is 8.67. The lowest BCUT2D eigenvalue weighted by atomic mass is 10.1. The standard InChI is InChI=1S/C22H34ClN5OS/c1-15(2)12-27(13-16(3)4)20(29)14-30-22-25-24-21(17(5)26(6)7)28(22)19-10-8-18(23)9-11-19/h8-11,15-17H,12-14H2,1-7H3/t17-/m0/s1. The average Bonchev–Trinajstić information content (AvgIpc) is 3.08. The Labute approximate surface area is 190 Å². The first kappa shape index (κ1) is 24.7. The molecule has 0 aliphatic rings. The van der Waals surface area contributed by atoms with E-state index in [0.717, 1.165) is 24.6 Å². The molecule has 0 unspecified atom stereocenters. The van der Waals surface area contributed by atoms with Crippen LogP contribution in [-0.2, 0) is 4.79 Å². The van der Waals surface area contributed by atoms with Crippen LogP contribution >= 0.6 is 23.4 Å². The minimum absolute atomic E-state index is 0.0663. The van der Waals surface area contributed by atoms with Crippen LogP contribution in [0.2, 0.25) is 5.02 Å². The third-order valence-corrected chi connectivity index (χ3v) is 5.91. The number of nitrogens with zero attached hydrogens (tertiary/aromatic N) is 5. The topological polar surface area (TPSA) is 54.3 Å². The summed E-state index contributed by atoms with van der Waals surface area (Å²) in [5, 5.41) is 10.3. The molecule has 0 saturated carbocycles. The van der Waals surface area contributed by atoms with Gasteiger partial charge in [0.05, 0.1) is 11.8 Å². The van der Waals surface area contributed by atoms with Gasteiger partial charge in [0.25, 0.3) is 0 Å². The van der Waals surface area contributed by atoms with Gasteiger partial charge in [0.15, 0.2) is 11.0 Å². The molecule has 1 atom stereocenters. The van der Waals surface area contributed by atoms with Gasteiger partial charge >= 0.3 is 0 Å². The minimum atomic E-state index is 0.0663. The van der Waals surface area contributed by atoms with Gasteiger partial charge in [-0.1, -0.05) is 51.1 Å². The minimum Gasteiger partial charge on any atom is -0.341 e. The molecule has 0 fully saturated rings. The number of carbonyl (C=O) groups excluding carboxylic acids is 1. The molecular formula is C22H34ClN5OS. The predicted octanol–water partition coefficient (Wildman–Crippen LogP) is 4.78. The molecule has 0 bridgehead atoms. The van der Waals surface area contributed by atoms with Gasteiger partial charge in [-0.2, -0.15) is 0 Å². The molecule has 1 aromatic heterocycles. The van der Waals surface area contributed by atoms with E-state index in [4.69, 9.17) is 11.6 Å². The Balaban J connectivity index is 2.28. The SMILES string of the molecule is CC(C)CN(CC(C)C)C(=O)CSc1nnc([C@H](C)N(C)C)n1-c1ccc(Cl)cc1. The quantitative estimate of drug-likeness (QED) is 0.486. The zero-order valence-corrected chi connectivity index (χ0v) is 20.7. The van der Waals surface area contributed by atoms with E-state index in [0.29, 0.717) is 27.8 Å². The fourth-order valence-electron chi connectivity index (χ4n) is 3.09. The number of carbonyl (C=O) groups is 1. The van der Waals surface area contributed by atoms with Crippen molar-refractivity contribution in [1.82, 2.24) is 24.6 Å². The molecule has 8 heteroatoms. The summed E-state index contributed by atoms with van der Waals surface area (Å²) in [5.41, 5.74) is 0.935. The molecule has 1 heterocycles. The number of halogens is 1. The molecule has 0 radical (unpaired) electrons. The van der Waals surface area contributed by atoms with Gasteiger partial charge in [0, 0.05) is 23.8 Å². The van der Waals surface area contributed by atoms with Crippen molar-refractivity contribution < 1.29 is 4.79 Å². The fourth-order valence-corrected chi connectivity index (χ4v) is 4.07. The Hall–Kier alpha value is -1.57. The molecule has 0 aliphatic carbocycles. The van der Waals surface area contributed by atoms with Crippen molar-refractivity contribution in [3.05, 3.63) is 35.1 Å². The number of aromatic nitrogens is 3. The van der Waals surface area contributed by atoms with E-state index in [2.05, 4.69) is 49.7 Å². The Morgan fingerprint density at radius 2 is 1.60 bits per heavy atom. The van der Waals surface area contributed by atoms with Crippen LogP contribution in [0.3, 0.4) is 0 Å². The van der Waals surface area contributed by atoms with Crippen molar-refractivity contribution in [3.8, 4) is 5.69 Å². The van der Waals surface area contributed by atoms with Crippen molar-refractivity contribution in [2.45, 2.75) is 45.8 Å². The predicted molar refractivity (Wildman–Crippen MR) is 125 cm³/mol. The Bertz CT molecular complexity index is 809. The van der Waals surface area contributed by atoms with Crippen LogP contribution in [0.5, 0.6) is 0 Å². The summed E-state index contributed by atoms with van der Waals surface area (Å²) in [7, 11) is 4.02. The molecule has 6 nitrogen and oxygen atoms in total. The van der Waals surface area contributed by atoms with Crippen molar-refractivity contribution in [1.29, 1.82) is 0 Å². The number of thioether (sulfide) groups is 1. The molecule has 0 spiro atoms. The fraction of sp³-hybridized carbons (Fsp3) is 0.591. The van der Waals surface area contributed by atoms with Crippen LogP contribution in [0, 0.1) is 11.8 Å². The zero-order valence-electron chi connectivity index (χ0n) is 19.1. The number of rotatable bonds is 10. The summed E-state index contributed by atoms with van der Waals surface area (Å²) in [5.74, 6) is 2.17. The highest BCUT2D eigenvalue weighted by atomic mass is 35.5. The van der Waals surface area contributed by atoms with Crippen molar-refractivity contribution >= 4 is 29.3 Å². The van der Waals surface area contributed by atoms with E-state index in [1.54, 1.807) is 0 Å². The summed E-state index contributed by atoms with van der Waals surface area (Å²) >= 11 is 7.52. The van der Waals surface area contributed by atoms with Crippen LogP contribution in [0.15, 0.2) is 29.4 Å². The monoisotopic (exact) mass is 451 g/mol. The Kier molecular flexibility index (Phi) is 9.19. The van der Waals surface area contributed by atoms with Gasteiger partial charge in [-0.15, -0.1) is 10.2 Å². The highest BCUT2D eigenvalue weighted by molar-refractivity contribution is 7.99. The number of hydrogen-bond acceptors (Lipinski definition) is 5. The molecule has 0 N–H and O–H groups in total. The molecule has 0 aliphatic heterocycles. The maximum atomic E-state index is 13.0. The lowest BCUT2D eigenvalue weighted by molar-refractivity contribution is -0.129. The van der Waals surface area contributed by atoms with Gasteiger partial charge in [0.1, 0.15) is 0 Å². The van der Waals surface area contributed by atoms with Crippen LogP contribution < -0.4 is 0 Å². The smallest absolute Gasteiger partial charge is 0.233 e. The van der Waals surface area contributed by atoms with Gasteiger partial charge in [-0.25, -0.2) is 0 Å². The Morgan fingerprint density at radius 3 is 2.10 bits per heavy atom. The molecule has 166 valence electrons. The summed E-state index contributed by atoms with van der Waals surface area (Å²) in [6.07, 6.45) is 0. The molecule has 30 heavy (non-hydrogen) atoms.